The minimum Gasteiger partial charge on any atom is -0.394 e. The number of aliphatic hydroxyl groups is 5. The average Bonchev–Trinajstić information content (AvgIpc) is 2.90. The zero-order valence-electron chi connectivity index (χ0n) is 20.8. The Balaban J connectivity index is 1.85. The fraction of sp³-hybridized carbons (Fsp3) is 0.667. The predicted octanol–water partition coefficient (Wildman–Crippen LogP) is -3.70. The van der Waals surface area contributed by atoms with Crippen molar-refractivity contribution in [1.29, 1.82) is 0 Å². The second-order valence-corrected chi connectivity index (χ2v) is 10.6. The minimum atomic E-state index is -4.48. The molecule has 0 bridgehead atoms. The van der Waals surface area contributed by atoms with Gasteiger partial charge in [-0.15, -0.1) is 0 Å². The molecule has 0 spiro atoms. The van der Waals surface area contributed by atoms with Gasteiger partial charge in [0.2, 0.25) is 15.9 Å². The van der Waals surface area contributed by atoms with Gasteiger partial charge in [0.05, 0.1) is 29.1 Å². The molecular weight excluding hydrogens is 550 g/mol. The number of ether oxygens (including phenoxy) is 4. The van der Waals surface area contributed by atoms with Gasteiger partial charge in [0.1, 0.15) is 42.7 Å². The zero-order chi connectivity index (χ0) is 29.1. The summed E-state index contributed by atoms with van der Waals surface area (Å²) in [5.41, 5.74) is -0.367. The highest BCUT2D eigenvalue weighted by Crippen LogP contribution is 2.30. The number of non-ortho nitro benzene ring substituents is 1. The van der Waals surface area contributed by atoms with Crippen LogP contribution in [-0.4, -0.2) is 126 Å². The molecule has 10 atom stereocenters. The summed E-state index contributed by atoms with van der Waals surface area (Å²) >= 11 is 0. The number of benzene rings is 1. The quantitative estimate of drug-likeness (QED) is 0.104. The normalized spacial score (nSPS) is 35.4. The number of nitro benzene ring substituents is 1. The monoisotopic (exact) mass is 581 g/mol. The molecule has 220 valence electrons. The van der Waals surface area contributed by atoms with Crippen molar-refractivity contribution < 1.29 is 62.6 Å². The van der Waals surface area contributed by atoms with Crippen LogP contribution in [0.1, 0.15) is 6.92 Å². The molecule has 0 radical (unpaired) electrons. The second-order valence-electron chi connectivity index (χ2n) is 8.88. The highest BCUT2D eigenvalue weighted by Gasteiger charge is 2.52. The third-order valence-electron chi connectivity index (χ3n) is 6.28. The first kappa shape index (κ1) is 31.2. The van der Waals surface area contributed by atoms with Gasteiger partial charge in [-0.05, 0) is 12.1 Å². The maximum absolute atomic E-state index is 12.9. The van der Waals surface area contributed by atoms with Crippen molar-refractivity contribution in [2.45, 2.75) is 73.1 Å². The van der Waals surface area contributed by atoms with Crippen LogP contribution in [0.3, 0.4) is 0 Å². The first-order chi connectivity index (χ1) is 18.3. The molecule has 7 N–H and O–H groups in total. The van der Waals surface area contributed by atoms with Gasteiger partial charge in [-0.3, -0.25) is 14.9 Å². The summed E-state index contributed by atoms with van der Waals surface area (Å²) < 4.78 is 49.8. The molecule has 0 aliphatic carbocycles. The Hall–Kier alpha value is -2.36. The number of hydrogen-bond donors (Lipinski definition) is 7. The van der Waals surface area contributed by atoms with Gasteiger partial charge in [0.25, 0.3) is 5.69 Å². The summed E-state index contributed by atoms with van der Waals surface area (Å²) in [4.78, 5) is 21.4. The molecule has 0 saturated carbocycles. The van der Waals surface area contributed by atoms with E-state index >= 15 is 0 Å². The van der Waals surface area contributed by atoms with Crippen LogP contribution in [0.5, 0.6) is 0 Å². The lowest BCUT2D eigenvalue weighted by atomic mass is 9.95. The molecule has 1 aromatic carbocycles. The molecule has 17 nitrogen and oxygen atoms in total. The van der Waals surface area contributed by atoms with E-state index in [4.69, 9.17) is 18.9 Å². The molecule has 1 amide bonds. The number of nitrogens with zero attached hydrogens (tertiary/aromatic N) is 1. The molecule has 18 heteroatoms. The van der Waals surface area contributed by atoms with Crippen molar-refractivity contribution in [2.75, 3.05) is 20.3 Å². The number of hydrogen-bond acceptors (Lipinski definition) is 14. The Morgan fingerprint density at radius 3 is 2.10 bits per heavy atom. The maximum Gasteiger partial charge on any atom is 0.269 e. The number of carbonyl (C=O) groups is 1. The number of nitrogens with one attached hydrogen (secondary N) is 2. The molecule has 2 fully saturated rings. The highest BCUT2D eigenvalue weighted by molar-refractivity contribution is 7.89. The zero-order valence-corrected chi connectivity index (χ0v) is 21.6. The molecule has 2 saturated heterocycles. The smallest absolute Gasteiger partial charge is 0.269 e. The number of methoxy groups -OCH3 is 1. The topological polar surface area (TPSA) is 256 Å². The van der Waals surface area contributed by atoms with E-state index in [1.165, 1.54) is 14.0 Å². The standard InChI is InChI=1S/C21H31N3O14S/c1-9(27)22-15-17(29)19(13(8-26)37-20(15)35-2)38-21-18(30)14(16(28)12(7-25)36-21)23-39(33,34)11-5-3-10(4-6-11)24(31)32/h3-6,12-21,23,25-26,28-30H,7-8H2,1-2H3,(H,22,27)/t12-,13-,14+,15-,16+,17-,18-,19-,20-,21+/m1/s1. The molecule has 3 rings (SSSR count). The molecular formula is C21H31N3O14S. The fourth-order valence-corrected chi connectivity index (χ4v) is 5.58. The van der Waals surface area contributed by atoms with Crippen LogP contribution >= 0.6 is 0 Å². The Labute approximate surface area is 222 Å². The summed E-state index contributed by atoms with van der Waals surface area (Å²) in [6.07, 6.45) is -12.5. The predicted molar refractivity (Wildman–Crippen MR) is 126 cm³/mol. The van der Waals surface area contributed by atoms with Crippen LogP contribution in [0.25, 0.3) is 0 Å². The minimum absolute atomic E-state index is 0.367. The SMILES string of the molecule is CO[C@@H]1O[C@H](CO)[C@@H](O[C@@H]2O[C@H](CO)[C@H](O)[C@H](NS(=O)(=O)c3ccc([N+](=O)[O-])cc3)[C@H]2O)[C@H](O)[C@H]1NC(C)=O. The van der Waals surface area contributed by atoms with Crippen LogP contribution in [-0.2, 0) is 33.8 Å². The number of rotatable bonds is 10. The van der Waals surface area contributed by atoms with Crippen LogP contribution in [0, 0.1) is 10.1 Å². The Bertz CT molecular complexity index is 1110. The molecule has 2 aliphatic rings. The van der Waals surface area contributed by atoms with E-state index in [9.17, 15) is 48.9 Å². The lowest BCUT2D eigenvalue weighted by Gasteiger charge is -2.47. The fourth-order valence-electron chi connectivity index (χ4n) is 4.31. The van der Waals surface area contributed by atoms with Crippen molar-refractivity contribution in [1.82, 2.24) is 10.0 Å². The summed E-state index contributed by atoms with van der Waals surface area (Å²) in [6, 6.07) is 0.890. The van der Waals surface area contributed by atoms with Gasteiger partial charge in [-0.2, -0.15) is 0 Å². The molecule has 0 aromatic heterocycles. The van der Waals surface area contributed by atoms with Crippen molar-refractivity contribution >= 4 is 21.6 Å². The van der Waals surface area contributed by atoms with Crippen molar-refractivity contribution in [3.63, 3.8) is 0 Å². The van der Waals surface area contributed by atoms with Gasteiger partial charge >= 0.3 is 0 Å². The van der Waals surface area contributed by atoms with Crippen LogP contribution in [0.4, 0.5) is 5.69 Å². The number of carbonyl (C=O) groups excluding carboxylic acids is 1. The maximum atomic E-state index is 12.9. The Morgan fingerprint density at radius 2 is 1.59 bits per heavy atom. The van der Waals surface area contributed by atoms with E-state index in [0.29, 0.717) is 0 Å². The van der Waals surface area contributed by atoms with Crippen molar-refractivity contribution in [3.8, 4) is 0 Å². The summed E-state index contributed by atoms with van der Waals surface area (Å²) in [5.74, 6) is -0.552. The van der Waals surface area contributed by atoms with Crippen LogP contribution in [0.15, 0.2) is 29.2 Å². The number of nitro groups is 1. The van der Waals surface area contributed by atoms with Gasteiger partial charge in [-0.1, -0.05) is 0 Å². The third kappa shape index (κ3) is 6.87. The number of sulfonamides is 1. The van der Waals surface area contributed by atoms with E-state index in [-0.39, 0.29) is 5.69 Å². The van der Waals surface area contributed by atoms with Crippen LogP contribution in [0.2, 0.25) is 0 Å². The third-order valence-corrected chi connectivity index (χ3v) is 7.76. The van der Waals surface area contributed by atoms with Gasteiger partial charge < -0.3 is 49.8 Å². The molecule has 39 heavy (non-hydrogen) atoms. The van der Waals surface area contributed by atoms with E-state index in [0.717, 1.165) is 24.3 Å². The van der Waals surface area contributed by atoms with E-state index in [1.54, 1.807) is 0 Å². The summed E-state index contributed by atoms with van der Waals surface area (Å²) in [6.45, 7) is -0.368. The van der Waals surface area contributed by atoms with E-state index in [1.807, 2.05) is 0 Å². The van der Waals surface area contributed by atoms with E-state index < -0.39 is 100 Å². The van der Waals surface area contributed by atoms with Gasteiger partial charge in [0, 0.05) is 26.2 Å². The average molecular weight is 582 g/mol. The van der Waals surface area contributed by atoms with Crippen LogP contribution < -0.4 is 10.0 Å². The number of aliphatic hydroxyl groups excluding tert-OH is 5. The van der Waals surface area contributed by atoms with E-state index in [2.05, 4.69) is 10.0 Å². The first-order valence-electron chi connectivity index (χ1n) is 11.6. The second kappa shape index (κ2) is 12.9. The molecule has 0 unspecified atom stereocenters. The highest BCUT2D eigenvalue weighted by atomic mass is 32.2. The molecule has 1 aromatic rings. The van der Waals surface area contributed by atoms with Crippen molar-refractivity contribution in [3.05, 3.63) is 34.4 Å². The molecule has 2 heterocycles. The Kier molecular flexibility index (Phi) is 10.3. The lowest BCUT2D eigenvalue weighted by molar-refractivity contribution is -0.384. The summed E-state index contributed by atoms with van der Waals surface area (Å²) in [7, 11) is -3.24. The van der Waals surface area contributed by atoms with Gasteiger partial charge in [0.15, 0.2) is 12.6 Å². The largest absolute Gasteiger partial charge is 0.394 e. The Morgan fingerprint density at radius 1 is 1.00 bits per heavy atom. The number of amides is 1. The summed E-state index contributed by atoms with van der Waals surface area (Å²) in [5, 5.41) is 65.3. The van der Waals surface area contributed by atoms with Gasteiger partial charge in [-0.25, -0.2) is 13.1 Å². The molecule has 2 aliphatic heterocycles. The van der Waals surface area contributed by atoms with Crippen molar-refractivity contribution in [2.24, 2.45) is 0 Å². The lowest BCUT2D eigenvalue weighted by Crippen LogP contribution is -2.69. The first-order valence-corrected chi connectivity index (χ1v) is 13.1.